The fourth-order valence-electron chi connectivity index (χ4n) is 4.05. The van der Waals surface area contributed by atoms with Gasteiger partial charge in [-0.05, 0) is 41.7 Å². The lowest BCUT2D eigenvalue weighted by atomic mass is 9.96. The molecule has 3 aromatic rings. The largest absolute Gasteiger partial charge is 0.401 e. The minimum Gasteiger partial charge on any atom is -0.334 e. The van der Waals surface area contributed by atoms with Gasteiger partial charge < -0.3 is 9.47 Å². The maximum atomic E-state index is 12.5. The molecule has 0 saturated carbocycles. The third-order valence-corrected chi connectivity index (χ3v) is 7.36. The van der Waals surface area contributed by atoms with Gasteiger partial charge in [0.25, 0.3) is 0 Å². The lowest BCUT2D eigenvalue weighted by Gasteiger charge is -2.27. The van der Waals surface area contributed by atoms with Crippen LogP contribution in [0.25, 0.3) is 16.6 Å². The molecule has 0 fully saturated rings. The molecule has 0 spiro atoms. The zero-order valence-corrected chi connectivity index (χ0v) is 19.6. The van der Waals surface area contributed by atoms with E-state index in [2.05, 4.69) is 29.0 Å². The van der Waals surface area contributed by atoms with Gasteiger partial charge in [-0.2, -0.15) is 13.2 Å². The van der Waals surface area contributed by atoms with Gasteiger partial charge in [-0.3, -0.25) is 0 Å². The molecule has 1 aliphatic heterocycles. The summed E-state index contributed by atoms with van der Waals surface area (Å²) in [5, 5.41) is 0. The van der Waals surface area contributed by atoms with Gasteiger partial charge in [0.15, 0.2) is 0 Å². The third kappa shape index (κ3) is 5.11. The number of hydrogen-bond acceptors (Lipinski definition) is 4. The van der Waals surface area contributed by atoms with E-state index in [4.69, 9.17) is 0 Å². The van der Waals surface area contributed by atoms with Gasteiger partial charge in [0, 0.05) is 38.9 Å². The molecule has 2 aromatic heterocycles. The Bertz CT molecular complexity index is 1220. The van der Waals surface area contributed by atoms with E-state index in [1.165, 1.54) is 4.31 Å². The molecule has 0 saturated heterocycles. The topological polar surface area (TPSA) is 54.3 Å². The second-order valence-electron chi connectivity index (χ2n) is 8.09. The van der Waals surface area contributed by atoms with Crippen LogP contribution < -0.4 is 4.90 Å². The molecule has 0 bridgehead atoms. The second-order valence-corrected chi connectivity index (χ2v) is 9.54. The van der Waals surface area contributed by atoms with E-state index >= 15 is 0 Å². The van der Waals surface area contributed by atoms with Crippen molar-refractivity contribution in [2.45, 2.75) is 25.9 Å². The minimum absolute atomic E-state index is 0.246. The molecule has 0 aliphatic carbocycles. The molecule has 3 heterocycles. The van der Waals surface area contributed by atoms with Crippen LogP contribution in [0.3, 0.4) is 0 Å². The van der Waals surface area contributed by atoms with E-state index in [1.807, 2.05) is 41.8 Å². The van der Waals surface area contributed by atoms with Crippen LogP contribution >= 0.6 is 0 Å². The second kappa shape index (κ2) is 9.26. The van der Waals surface area contributed by atoms with Gasteiger partial charge in [-0.1, -0.05) is 19.1 Å². The van der Waals surface area contributed by atoms with Crippen LogP contribution in [0.1, 0.15) is 24.5 Å². The Kier molecular flexibility index (Phi) is 6.58. The van der Waals surface area contributed by atoms with Crippen molar-refractivity contribution >= 4 is 39.1 Å². The molecule has 4 rings (SSSR count). The van der Waals surface area contributed by atoms with Crippen LogP contribution in [0, 0.1) is 0 Å². The van der Waals surface area contributed by atoms with Crippen LogP contribution in [0.4, 0.5) is 24.7 Å². The summed E-state index contributed by atoms with van der Waals surface area (Å²) in [6, 6.07) is 8.22. The number of nitrogens with zero attached hydrogens (tertiary/aromatic N) is 5. The number of aromatic nitrogens is 3. The fourth-order valence-corrected chi connectivity index (χ4v) is 5.05. The number of halogens is 3. The summed E-state index contributed by atoms with van der Waals surface area (Å²) < 4.78 is 52.9. The number of aryl methyl sites for hydroxylation is 2. The standard InChI is InChI=1S/C23H26F3N5OS/c1-4-16-11-18(17-7-9-31(10-8-17)33(32)14-23(24,25)26)5-6-20(16)30(3)22-12-21-19(13-27-22)28-15-29(21)2/h5-7,11-13,15H,4,8-10,14H2,1-3H3. The maximum Gasteiger partial charge on any atom is 0.401 e. The predicted molar refractivity (Wildman–Crippen MR) is 126 cm³/mol. The summed E-state index contributed by atoms with van der Waals surface area (Å²) in [4.78, 5) is 10.9. The van der Waals surface area contributed by atoms with E-state index in [0.717, 1.165) is 45.7 Å². The first-order valence-electron chi connectivity index (χ1n) is 10.7. The van der Waals surface area contributed by atoms with Gasteiger partial charge in [-0.25, -0.2) is 18.5 Å². The number of rotatable bonds is 6. The van der Waals surface area contributed by atoms with Crippen LogP contribution in [0.15, 0.2) is 42.9 Å². The van der Waals surface area contributed by atoms with Crippen LogP contribution in [-0.2, 0) is 24.5 Å². The number of fused-ring (bicyclic) bond motifs is 1. The van der Waals surface area contributed by atoms with Gasteiger partial charge in [-0.15, -0.1) is 0 Å². The van der Waals surface area contributed by atoms with Gasteiger partial charge in [0.2, 0.25) is 0 Å². The van der Waals surface area contributed by atoms with Crippen LogP contribution in [-0.4, -0.2) is 55.1 Å². The molecule has 0 N–H and O–H groups in total. The zero-order valence-electron chi connectivity index (χ0n) is 18.8. The summed E-state index contributed by atoms with van der Waals surface area (Å²) >= 11 is 0. The Labute approximate surface area is 193 Å². The fraction of sp³-hybridized carbons (Fsp3) is 0.391. The molecule has 1 aromatic carbocycles. The Hall–Kier alpha value is -2.72. The van der Waals surface area contributed by atoms with Gasteiger partial charge in [0.1, 0.15) is 28.1 Å². The van der Waals surface area contributed by atoms with E-state index in [9.17, 15) is 17.4 Å². The van der Waals surface area contributed by atoms with Crippen molar-refractivity contribution in [2.75, 3.05) is 30.8 Å². The van der Waals surface area contributed by atoms with Gasteiger partial charge in [0.05, 0.1) is 18.0 Å². The smallest absolute Gasteiger partial charge is 0.334 e. The summed E-state index contributed by atoms with van der Waals surface area (Å²) in [6.45, 7) is 2.67. The summed E-state index contributed by atoms with van der Waals surface area (Å²) in [5.74, 6) is -0.483. The lowest BCUT2D eigenvalue weighted by Crippen LogP contribution is -2.35. The van der Waals surface area contributed by atoms with Crippen molar-refractivity contribution in [3.63, 3.8) is 0 Å². The molecule has 6 nitrogen and oxygen atoms in total. The highest BCUT2D eigenvalue weighted by Crippen LogP contribution is 2.32. The maximum absolute atomic E-state index is 12.5. The Morgan fingerprint density at radius 3 is 2.67 bits per heavy atom. The number of anilines is 2. The first-order chi connectivity index (χ1) is 15.7. The average molecular weight is 478 g/mol. The van der Waals surface area contributed by atoms with Crippen molar-refractivity contribution in [2.24, 2.45) is 7.05 Å². The van der Waals surface area contributed by atoms with E-state index in [-0.39, 0.29) is 6.54 Å². The SMILES string of the molecule is CCc1cc(C2=CCN(S(=O)CC(F)(F)F)CC2)ccc1N(C)c1cc2c(cn1)ncn2C. The van der Waals surface area contributed by atoms with E-state index < -0.39 is 22.9 Å². The predicted octanol–water partition coefficient (Wildman–Crippen LogP) is 4.61. The van der Waals surface area contributed by atoms with Crippen molar-refractivity contribution in [3.8, 4) is 0 Å². The minimum atomic E-state index is -4.43. The Morgan fingerprint density at radius 2 is 2.00 bits per heavy atom. The quantitative estimate of drug-likeness (QED) is 0.520. The number of alkyl halides is 3. The molecule has 1 unspecified atom stereocenters. The first-order valence-corrected chi connectivity index (χ1v) is 12.0. The molecule has 0 amide bonds. The van der Waals surface area contributed by atoms with Crippen molar-refractivity contribution in [1.29, 1.82) is 0 Å². The first kappa shape index (κ1) is 23.4. The highest BCUT2D eigenvalue weighted by molar-refractivity contribution is 7.82. The van der Waals surface area contributed by atoms with E-state index in [1.54, 1.807) is 12.5 Å². The Morgan fingerprint density at radius 1 is 1.21 bits per heavy atom. The molecular formula is C23H26F3N5OS. The molecule has 176 valence electrons. The molecule has 1 atom stereocenters. The van der Waals surface area contributed by atoms with E-state index in [0.29, 0.717) is 13.0 Å². The van der Waals surface area contributed by atoms with Crippen molar-refractivity contribution < 1.29 is 17.4 Å². The normalized spacial score (nSPS) is 16.1. The van der Waals surface area contributed by atoms with Crippen molar-refractivity contribution in [1.82, 2.24) is 18.8 Å². The highest BCUT2D eigenvalue weighted by atomic mass is 32.2. The lowest BCUT2D eigenvalue weighted by molar-refractivity contribution is -0.106. The summed E-state index contributed by atoms with van der Waals surface area (Å²) in [5.41, 5.74) is 6.14. The highest BCUT2D eigenvalue weighted by Gasteiger charge is 2.33. The zero-order chi connectivity index (χ0) is 23.8. The number of pyridine rings is 1. The van der Waals surface area contributed by atoms with Gasteiger partial charge >= 0.3 is 6.18 Å². The molecule has 33 heavy (non-hydrogen) atoms. The number of imidazole rings is 1. The molecule has 10 heteroatoms. The van der Waals surface area contributed by atoms with Crippen molar-refractivity contribution in [3.05, 3.63) is 54.0 Å². The molecular weight excluding hydrogens is 451 g/mol. The number of hydrogen-bond donors (Lipinski definition) is 0. The van der Waals surface area contributed by atoms with Crippen LogP contribution in [0.5, 0.6) is 0 Å². The molecule has 1 aliphatic rings. The van der Waals surface area contributed by atoms with Crippen LogP contribution in [0.2, 0.25) is 0 Å². The average Bonchev–Trinajstić information content (AvgIpc) is 3.17. The summed E-state index contributed by atoms with van der Waals surface area (Å²) in [7, 11) is 1.88. The monoisotopic (exact) mass is 477 g/mol. The number of benzene rings is 1. The third-order valence-electron chi connectivity index (χ3n) is 5.88. The molecule has 0 radical (unpaired) electrons. The Balaban J connectivity index is 1.54. The summed E-state index contributed by atoms with van der Waals surface area (Å²) in [6.07, 6.45) is 2.36.